The summed E-state index contributed by atoms with van der Waals surface area (Å²) in [4.78, 5) is 9.91. The highest BCUT2D eigenvalue weighted by Gasteiger charge is 2.33. The van der Waals surface area contributed by atoms with Gasteiger partial charge in [0, 0.05) is 10.5 Å². The lowest BCUT2D eigenvalue weighted by Gasteiger charge is -2.12. The van der Waals surface area contributed by atoms with Gasteiger partial charge in [-0.15, -0.1) is 0 Å². The predicted molar refractivity (Wildman–Crippen MR) is 55.0 cm³/mol. The SMILES string of the molecule is N#Cc1cc(C(F)F)cc(SC(F)(F)F)c1C(=O)O. The van der Waals surface area contributed by atoms with Crippen LogP contribution < -0.4 is 0 Å². The molecule has 0 radical (unpaired) electrons. The number of thioether (sulfide) groups is 1. The topological polar surface area (TPSA) is 61.1 Å². The van der Waals surface area contributed by atoms with E-state index in [0.717, 1.165) is 0 Å². The molecule has 0 aromatic heterocycles. The Bertz CT molecular complexity index is 550. The van der Waals surface area contributed by atoms with Crippen LogP contribution in [0.2, 0.25) is 0 Å². The molecular weight excluding hydrogens is 293 g/mol. The van der Waals surface area contributed by atoms with Crippen molar-refractivity contribution in [3.63, 3.8) is 0 Å². The fraction of sp³-hybridized carbons (Fsp3) is 0.200. The Balaban J connectivity index is 3.51. The maximum absolute atomic E-state index is 12.5. The number of nitrogens with zero attached hydrogens (tertiary/aromatic N) is 1. The quantitative estimate of drug-likeness (QED) is 0.681. The van der Waals surface area contributed by atoms with Crippen LogP contribution in [0.3, 0.4) is 0 Å². The summed E-state index contributed by atoms with van der Waals surface area (Å²) in [5, 5.41) is 17.4. The van der Waals surface area contributed by atoms with E-state index in [0.29, 0.717) is 12.1 Å². The van der Waals surface area contributed by atoms with Crippen molar-refractivity contribution in [2.24, 2.45) is 0 Å². The zero-order valence-corrected chi connectivity index (χ0v) is 9.65. The van der Waals surface area contributed by atoms with Crippen LogP contribution in [0, 0.1) is 11.3 Å². The lowest BCUT2D eigenvalue weighted by Crippen LogP contribution is -2.08. The summed E-state index contributed by atoms with van der Waals surface area (Å²) in [7, 11) is 0. The second-order valence-corrected chi connectivity index (χ2v) is 4.31. The predicted octanol–water partition coefficient (Wildman–Crippen LogP) is 3.81. The molecule has 0 unspecified atom stereocenters. The van der Waals surface area contributed by atoms with Crippen molar-refractivity contribution < 1.29 is 31.9 Å². The standard InChI is InChI=1S/C10H4F5NO2S/c11-8(12)4-1-5(3-16)7(9(17)18)6(2-4)19-10(13,14)15/h1-2,8H,(H,17,18). The lowest BCUT2D eigenvalue weighted by molar-refractivity contribution is -0.0328. The van der Waals surface area contributed by atoms with E-state index in [1.54, 1.807) is 0 Å². The van der Waals surface area contributed by atoms with Gasteiger partial charge in [0.2, 0.25) is 0 Å². The van der Waals surface area contributed by atoms with Gasteiger partial charge < -0.3 is 5.11 Å². The van der Waals surface area contributed by atoms with Gasteiger partial charge >= 0.3 is 11.5 Å². The van der Waals surface area contributed by atoms with E-state index in [2.05, 4.69) is 0 Å². The third kappa shape index (κ3) is 3.82. The minimum Gasteiger partial charge on any atom is -0.478 e. The molecule has 0 aliphatic carbocycles. The maximum Gasteiger partial charge on any atom is 0.446 e. The van der Waals surface area contributed by atoms with Crippen molar-refractivity contribution >= 4 is 17.7 Å². The van der Waals surface area contributed by atoms with Crippen molar-refractivity contribution in [1.82, 2.24) is 0 Å². The highest BCUT2D eigenvalue weighted by atomic mass is 32.2. The average Bonchev–Trinajstić information content (AvgIpc) is 2.24. The van der Waals surface area contributed by atoms with Gasteiger partial charge in [-0.2, -0.15) is 18.4 Å². The molecule has 1 N–H and O–H groups in total. The van der Waals surface area contributed by atoms with Crippen molar-refractivity contribution in [2.75, 3.05) is 0 Å². The summed E-state index contributed by atoms with van der Waals surface area (Å²) >= 11 is -0.848. The van der Waals surface area contributed by atoms with E-state index < -0.39 is 51.3 Å². The first-order valence-electron chi connectivity index (χ1n) is 4.51. The zero-order chi connectivity index (χ0) is 14.8. The molecule has 102 valence electrons. The smallest absolute Gasteiger partial charge is 0.446 e. The monoisotopic (exact) mass is 297 g/mol. The van der Waals surface area contributed by atoms with E-state index in [1.165, 1.54) is 6.07 Å². The van der Waals surface area contributed by atoms with Gasteiger partial charge in [-0.25, -0.2) is 13.6 Å². The number of alkyl halides is 5. The molecule has 1 aromatic rings. The summed E-state index contributed by atoms with van der Waals surface area (Å²) in [6.07, 6.45) is -3.11. The van der Waals surface area contributed by atoms with Gasteiger partial charge in [0.1, 0.15) is 6.07 Å². The molecule has 0 amide bonds. The number of hydrogen-bond donors (Lipinski definition) is 1. The van der Waals surface area contributed by atoms with Crippen molar-refractivity contribution in [3.8, 4) is 6.07 Å². The van der Waals surface area contributed by atoms with Crippen LogP contribution in [0.1, 0.15) is 27.9 Å². The van der Waals surface area contributed by atoms with E-state index >= 15 is 0 Å². The highest BCUT2D eigenvalue weighted by Crippen LogP contribution is 2.41. The highest BCUT2D eigenvalue weighted by molar-refractivity contribution is 8.00. The molecule has 9 heteroatoms. The van der Waals surface area contributed by atoms with Crippen LogP contribution in [0.15, 0.2) is 17.0 Å². The Kier molecular flexibility index (Phi) is 4.36. The number of halogens is 5. The van der Waals surface area contributed by atoms with Crippen molar-refractivity contribution in [3.05, 3.63) is 28.8 Å². The third-order valence-electron chi connectivity index (χ3n) is 1.94. The first-order chi connectivity index (χ1) is 8.65. The van der Waals surface area contributed by atoms with Crippen LogP contribution in [-0.4, -0.2) is 16.6 Å². The summed E-state index contributed by atoms with van der Waals surface area (Å²) in [5.41, 5.74) is -7.36. The maximum atomic E-state index is 12.5. The minimum atomic E-state index is -4.85. The lowest BCUT2D eigenvalue weighted by atomic mass is 10.0. The Morgan fingerprint density at radius 1 is 1.37 bits per heavy atom. The number of carboxylic acid groups (broad SMARTS) is 1. The van der Waals surface area contributed by atoms with Crippen LogP contribution in [-0.2, 0) is 0 Å². The van der Waals surface area contributed by atoms with Crippen molar-refractivity contribution in [1.29, 1.82) is 5.26 Å². The number of hydrogen-bond acceptors (Lipinski definition) is 3. The number of carboxylic acids is 1. The molecule has 0 atom stereocenters. The van der Waals surface area contributed by atoms with Gasteiger partial charge in [0.15, 0.2) is 0 Å². The van der Waals surface area contributed by atoms with Gasteiger partial charge in [0.05, 0.1) is 11.1 Å². The second-order valence-electron chi connectivity index (χ2n) is 3.21. The van der Waals surface area contributed by atoms with Gasteiger partial charge in [0.25, 0.3) is 6.43 Å². The molecule has 0 saturated heterocycles. The first-order valence-corrected chi connectivity index (χ1v) is 5.32. The second kappa shape index (κ2) is 5.44. The van der Waals surface area contributed by atoms with Gasteiger partial charge in [-0.1, -0.05) is 0 Å². The van der Waals surface area contributed by atoms with Crippen LogP contribution in [0.4, 0.5) is 22.0 Å². The number of carbonyl (C=O) groups is 1. The Labute approximate surface area is 107 Å². The Morgan fingerprint density at radius 2 is 1.95 bits per heavy atom. The van der Waals surface area contributed by atoms with Gasteiger partial charge in [-0.05, 0) is 23.9 Å². The molecule has 3 nitrogen and oxygen atoms in total. The molecule has 0 fully saturated rings. The zero-order valence-electron chi connectivity index (χ0n) is 8.83. The van der Waals surface area contributed by atoms with Crippen molar-refractivity contribution in [2.45, 2.75) is 16.8 Å². The number of aromatic carboxylic acids is 1. The molecule has 1 aromatic carbocycles. The third-order valence-corrected chi connectivity index (χ3v) is 2.71. The number of rotatable bonds is 3. The number of benzene rings is 1. The number of nitriles is 1. The molecule has 0 saturated carbocycles. The van der Waals surface area contributed by atoms with E-state index in [9.17, 15) is 26.7 Å². The summed E-state index contributed by atoms with van der Waals surface area (Å²) in [6.45, 7) is 0. The van der Waals surface area contributed by atoms with E-state index in [4.69, 9.17) is 10.4 Å². The normalized spacial score (nSPS) is 11.4. The molecule has 19 heavy (non-hydrogen) atoms. The average molecular weight is 297 g/mol. The van der Waals surface area contributed by atoms with Crippen LogP contribution >= 0.6 is 11.8 Å². The van der Waals surface area contributed by atoms with Gasteiger partial charge in [-0.3, -0.25) is 0 Å². The fourth-order valence-corrected chi connectivity index (χ4v) is 2.02. The minimum absolute atomic E-state index is 0.424. The summed E-state index contributed by atoms with van der Waals surface area (Å²) in [5.74, 6) is -1.79. The van der Waals surface area contributed by atoms with Crippen LogP contribution in [0.5, 0.6) is 0 Å². The molecular formula is C10H4F5NO2S. The molecule has 0 heterocycles. The molecule has 0 aliphatic rings. The Morgan fingerprint density at radius 3 is 2.32 bits per heavy atom. The van der Waals surface area contributed by atoms with Crippen LogP contribution in [0.25, 0.3) is 0 Å². The van der Waals surface area contributed by atoms with E-state index in [1.807, 2.05) is 0 Å². The Hall–Kier alpha value is -1.82. The largest absolute Gasteiger partial charge is 0.478 e. The molecule has 0 spiro atoms. The summed E-state index contributed by atoms with van der Waals surface area (Å²) < 4.78 is 61.7. The summed E-state index contributed by atoms with van der Waals surface area (Å²) in [6, 6.07) is 2.29. The fourth-order valence-electron chi connectivity index (χ4n) is 1.28. The molecule has 0 bridgehead atoms. The first kappa shape index (κ1) is 15.2. The molecule has 0 aliphatic heterocycles. The van der Waals surface area contributed by atoms with E-state index in [-0.39, 0.29) is 0 Å². The molecule has 1 rings (SSSR count).